The Bertz CT molecular complexity index is 1670. The van der Waals surface area contributed by atoms with E-state index in [-0.39, 0.29) is 29.6 Å². The zero-order valence-corrected chi connectivity index (χ0v) is 31.7. The first-order valence-electron chi connectivity index (χ1n) is 18.2. The molecule has 0 unspecified atom stereocenters. The van der Waals surface area contributed by atoms with Crippen molar-refractivity contribution in [3.8, 4) is 0 Å². The lowest BCUT2D eigenvalue weighted by atomic mass is 9.84. The first-order chi connectivity index (χ1) is 25.7. The lowest BCUT2D eigenvalue weighted by Crippen LogP contribution is -2.47. The van der Waals surface area contributed by atoms with Gasteiger partial charge in [-0.25, -0.2) is 15.0 Å². The first-order valence-corrected chi connectivity index (χ1v) is 19.3. The summed E-state index contributed by atoms with van der Waals surface area (Å²) in [5, 5.41) is 30.0. The van der Waals surface area contributed by atoms with Gasteiger partial charge in [0, 0.05) is 51.3 Å². The summed E-state index contributed by atoms with van der Waals surface area (Å²) in [6.07, 6.45) is 1.41. The number of ether oxygens (including phenoxy) is 3. The molecule has 2 amide bonds. The van der Waals surface area contributed by atoms with E-state index in [1.807, 2.05) is 32.0 Å². The van der Waals surface area contributed by atoms with Crippen LogP contribution in [0.2, 0.25) is 5.02 Å². The number of rotatable bonds is 18. The van der Waals surface area contributed by atoms with Gasteiger partial charge >= 0.3 is 0 Å². The van der Waals surface area contributed by atoms with E-state index in [4.69, 9.17) is 25.8 Å². The smallest absolute Gasteiger partial charge is 0.267 e. The van der Waals surface area contributed by atoms with Crippen LogP contribution in [-0.2, 0) is 19.0 Å². The van der Waals surface area contributed by atoms with E-state index >= 15 is 0 Å². The monoisotopic (exact) mass is 772 g/mol. The van der Waals surface area contributed by atoms with Crippen LogP contribution in [0.15, 0.2) is 30.5 Å². The molecule has 5 N–H and O–H groups in total. The highest BCUT2D eigenvalue weighted by Gasteiger charge is 2.53. The summed E-state index contributed by atoms with van der Waals surface area (Å²) < 4.78 is 16.9. The fraction of sp³-hybridized carbons (Fsp3) is 0.583. The second-order valence-corrected chi connectivity index (χ2v) is 15.1. The Morgan fingerprint density at radius 2 is 1.70 bits per heavy atom. The fourth-order valence-electron chi connectivity index (χ4n) is 7.20. The number of benzene rings is 1. The van der Waals surface area contributed by atoms with Crippen molar-refractivity contribution >= 4 is 57.2 Å². The van der Waals surface area contributed by atoms with Gasteiger partial charge in [0.25, 0.3) is 5.91 Å². The van der Waals surface area contributed by atoms with Gasteiger partial charge in [-0.2, -0.15) is 0 Å². The Morgan fingerprint density at radius 3 is 2.42 bits per heavy atom. The molecule has 2 saturated carbocycles. The van der Waals surface area contributed by atoms with Crippen LogP contribution in [0.4, 0.5) is 22.5 Å². The summed E-state index contributed by atoms with van der Waals surface area (Å²) in [6, 6.07) is 7.38. The minimum atomic E-state index is -0.792. The van der Waals surface area contributed by atoms with Gasteiger partial charge in [0.15, 0.2) is 5.13 Å². The van der Waals surface area contributed by atoms with E-state index in [0.717, 1.165) is 50.5 Å². The molecule has 53 heavy (non-hydrogen) atoms. The Labute approximate surface area is 318 Å². The predicted molar refractivity (Wildman–Crippen MR) is 202 cm³/mol. The van der Waals surface area contributed by atoms with Crippen molar-refractivity contribution < 1.29 is 34.0 Å². The molecular weight excluding hydrogens is 724 g/mol. The van der Waals surface area contributed by atoms with E-state index in [2.05, 4.69) is 40.7 Å². The maximum Gasteiger partial charge on any atom is 0.267 e. The Balaban J connectivity index is 0.805. The van der Waals surface area contributed by atoms with Crippen molar-refractivity contribution in [3.05, 3.63) is 51.7 Å². The molecule has 1 saturated heterocycles. The second kappa shape index (κ2) is 18.7. The maximum absolute atomic E-state index is 12.9. The van der Waals surface area contributed by atoms with Crippen molar-refractivity contribution in [2.24, 2.45) is 17.8 Å². The summed E-state index contributed by atoms with van der Waals surface area (Å²) in [7, 11) is 0. The number of anilines is 4. The van der Waals surface area contributed by atoms with Crippen molar-refractivity contribution in [1.29, 1.82) is 0 Å². The van der Waals surface area contributed by atoms with E-state index < -0.39 is 12.2 Å². The van der Waals surface area contributed by atoms with Gasteiger partial charge in [0.1, 0.15) is 22.3 Å². The van der Waals surface area contributed by atoms with Crippen LogP contribution >= 0.6 is 22.9 Å². The number of nitrogens with zero attached hydrogens (tertiary/aromatic N) is 5. The fourth-order valence-corrected chi connectivity index (χ4v) is 8.19. The number of fused-ring (bicyclic) bond motifs is 2. The molecule has 17 heteroatoms. The number of piperazine rings is 1. The van der Waals surface area contributed by atoms with Gasteiger partial charge in [-0.05, 0) is 50.2 Å². The lowest BCUT2D eigenvalue weighted by Gasteiger charge is -2.35. The summed E-state index contributed by atoms with van der Waals surface area (Å²) in [6.45, 7) is 11.2. The molecule has 3 aromatic rings. The summed E-state index contributed by atoms with van der Waals surface area (Å²) >= 11 is 7.51. The third-order valence-corrected chi connectivity index (χ3v) is 11.3. The molecule has 15 nitrogen and oxygen atoms in total. The number of aromatic nitrogens is 3. The second-order valence-electron chi connectivity index (χ2n) is 13.6. The molecular formula is C36H49ClN8O7S. The standard InChI is InChI=1S/C36H49ClN8O7S/c1-22-4-3-5-27(37)31(22)43-35(49)28-21-39-36(53-28)42-29-20-30(41-23(2)40-29)45-9-7-44(8-10-45)11-13-51-15-17-52-16-14-50-12-6-38-34(48)26-19-24-18-25(26)33(47)32(24)46/h3-5,20-21,24-26,32-33,46-47H,6-19H2,1-2H3,(H,38,48)(H,43,49)(H,39,40,41,42)/t24-,25+,26+,32+,33-/m0/s1. The van der Waals surface area contributed by atoms with Crippen molar-refractivity contribution in [1.82, 2.24) is 25.2 Å². The molecule has 2 aliphatic carbocycles. The van der Waals surface area contributed by atoms with E-state index in [9.17, 15) is 19.8 Å². The minimum Gasteiger partial charge on any atom is -0.390 e. The number of amides is 2. The van der Waals surface area contributed by atoms with E-state index in [0.29, 0.717) is 85.0 Å². The molecule has 1 aliphatic heterocycles. The highest BCUT2D eigenvalue weighted by Crippen LogP contribution is 2.48. The third-order valence-electron chi connectivity index (χ3n) is 10.0. The first kappa shape index (κ1) is 39.2. The molecule has 3 heterocycles. The summed E-state index contributed by atoms with van der Waals surface area (Å²) in [4.78, 5) is 43.9. The highest BCUT2D eigenvalue weighted by molar-refractivity contribution is 7.17. The van der Waals surface area contributed by atoms with E-state index in [1.54, 1.807) is 6.07 Å². The maximum atomic E-state index is 12.9. The van der Waals surface area contributed by atoms with Crippen LogP contribution in [-0.4, -0.2) is 133 Å². The van der Waals surface area contributed by atoms with Crippen LogP contribution in [0.3, 0.4) is 0 Å². The quantitative estimate of drug-likeness (QED) is 0.119. The average molecular weight is 773 g/mol. The predicted octanol–water partition coefficient (Wildman–Crippen LogP) is 2.87. The normalized spacial score (nSPS) is 22.7. The molecule has 288 valence electrons. The largest absolute Gasteiger partial charge is 0.390 e. The highest BCUT2D eigenvalue weighted by atomic mass is 35.5. The van der Waals surface area contributed by atoms with Gasteiger partial charge in [0.05, 0.1) is 68.8 Å². The molecule has 0 spiro atoms. The number of aliphatic hydroxyl groups is 2. The number of carbonyl (C=O) groups is 2. The Kier molecular flexibility index (Phi) is 13.8. The number of aliphatic hydroxyl groups excluding tert-OH is 2. The average Bonchev–Trinajstić information content (AvgIpc) is 3.87. The Hall–Kier alpha value is -3.48. The van der Waals surface area contributed by atoms with Gasteiger partial charge in [-0.3, -0.25) is 14.5 Å². The molecule has 3 aliphatic rings. The van der Waals surface area contributed by atoms with Gasteiger partial charge in [-0.1, -0.05) is 35.1 Å². The van der Waals surface area contributed by atoms with Crippen LogP contribution in [0.25, 0.3) is 0 Å². The lowest BCUT2D eigenvalue weighted by molar-refractivity contribution is -0.130. The number of hydrogen-bond acceptors (Lipinski definition) is 14. The van der Waals surface area contributed by atoms with Crippen LogP contribution in [0.1, 0.15) is 33.9 Å². The molecule has 5 atom stereocenters. The van der Waals surface area contributed by atoms with Crippen molar-refractivity contribution in [2.75, 3.05) is 94.4 Å². The zero-order valence-electron chi connectivity index (χ0n) is 30.1. The topological polar surface area (TPSA) is 184 Å². The molecule has 6 rings (SSSR count). The number of para-hydroxylation sites is 1. The van der Waals surface area contributed by atoms with Crippen LogP contribution in [0.5, 0.6) is 0 Å². The number of nitrogens with one attached hydrogen (secondary N) is 3. The summed E-state index contributed by atoms with van der Waals surface area (Å²) in [5.41, 5.74) is 1.47. The zero-order chi connectivity index (χ0) is 37.3. The number of halogens is 1. The molecule has 0 radical (unpaired) electrons. The number of aryl methyl sites for hydroxylation is 2. The van der Waals surface area contributed by atoms with E-state index in [1.165, 1.54) is 17.5 Å². The van der Waals surface area contributed by atoms with Gasteiger partial charge in [-0.15, -0.1) is 0 Å². The SMILES string of the molecule is Cc1nc(Nc2ncc(C(=O)Nc3c(C)cccc3Cl)s2)cc(N2CCN(CCOCCOCCOCCNC(=O)[C@@H]3C[C@@H]4C[C@H]3[C@H](O)[C@@H]4O)CC2)n1. The van der Waals surface area contributed by atoms with Crippen molar-refractivity contribution in [3.63, 3.8) is 0 Å². The molecule has 1 aromatic carbocycles. The Morgan fingerprint density at radius 1 is 0.962 bits per heavy atom. The number of carbonyl (C=O) groups excluding carboxylic acids is 2. The molecule has 2 bridgehead atoms. The minimum absolute atomic E-state index is 0.0287. The van der Waals surface area contributed by atoms with Crippen LogP contribution < -0.4 is 20.9 Å². The number of hydrogen-bond donors (Lipinski definition) is 5. The van der Waals surface area contributed by atoms with Crippen LogP contribution in [0, 0.1) is 31.6 Å². The van der Waals surface area contributed by atoms with Gasteiger partial charge in [0.2, 0.25) is 5.91 Å². The molecule has 2 aromatic heterocycles. The summed E-state index contributed by atoms with van der Waals surface area (Å²) in [5.74, 6) is 1.40. The molecule has 3 fully saturated rings. The number of thiazole rings is 1. The third kappa shape index (κ3) is 10.4. The van der Waals surface area contributed by atoms with Gasteiger partial charge < -0.3 is 45.3 Å². The van der Waals surface area contributed by atoms with Crippen molar-refractivity contribution in [2.45, 2.75) is 38.9 Å².